The average Bonchev–Trinajstić information content (AvgIpc) is 3.00. The molecule has 4 nitrogen and oxygen atoms in total. The predicted octanol–water partition coefficient (Wildman–Crippen LogP) is 3.38. The third-order valence-corrected chi connectivity index (χ3v) is 4.17. The van der Waals surface area contributed by atoms with Crippen LogP contribution in [0.2, 0.25) is 5.02 Å². The largest absolute Gasteiger partial charge is 0.466 e. The Kier molecular flexibility index (Phi) is 6.40. The third-order valence-electron chi connectivity index (χ3n) is 3.91. The van der Waals surface area contributed by atoms with E-state index in [4.69, 9.17) is 16.3 Å². The highest BCUT2D eigenvalue weighted by Gasteiger charge is 2.27. The molecule has 2 rings (SSSR count). The zero-order valence-electron chi connectivity index (χ0n) is 12.8. The van der Waals surface area contributed by atoms with Crippen molar-refractivity contribution in [3.05, 3.63) is 34.9 Å². The van der Waals surface area contributed by atoms with Gasteiger partial charge in [-0.2, -0.15) is 0 Å². The van der Waals surface area contributed by atoms with Gasteiger partial charge in [-0.15, -0.1) is 0 Å². The number of carbonyl (C=O) groups is 2. The van der Waals surface area contributed by atoms with Gasteiger partial charge in [-0.3, -0.25) is 9.59 Å². The van der Waals surface area contributed by atoms with Crippen molar-refractivity contribution < 1.29 is 14.3 Å². The summed E-state index contributed by atoms with van der Waals surface area (Å²) >= 11 is 5.86. The second kappa shape index (κ2) is 8.30. The summed E-state index contributed by atoms with van der Waals surface area (Å²) < 4.78 is 4.99. The molecule has 0 radical (unpaired) electrons. The summed E-state index contributed by atoms with van der Waals surface area (Å²) in [4.78, 5) is 24.5. The number of benzene rings is 1. The summed E-state index contributed by atoms with van der Waals surface area (Å²) in [5.74, 6) is -0.433. The van der Waals surface area contributed by atoms with E-state index in [0.717, 1.165) is 12.8 Å². The summed E-state index contributed by atoms with van der Waals surface area (Å²) in [7, 11) is 0. The maximum absolute atomic E-state index is 12.7. The number of Topliss-reactive ketones (excluding diaryl/α,β-unsaturated/α-hetero) is 1. The standard InChI is InChI=1S/C17H22ClNO3/c1-2-22-16(20)11-15(19-14-5-3-4-6-14)17(21)12-7-9-13(18)10-8-12/h7-10,14-15,19H,2-6,11H2,1H3. The zero-order valence-corrected chi connectivity index (χ0v) is 13.6. The van der Waals surface area contributed by atoms with Gasteiger partial charge in [0.2, 0.25) is 0 Å². The summed E-state index contributed by atoms with van der Waals surface area (Å²) in [6.07, 6.45) is 4.49. The first-order valence-corrected chi connectivity index (χ1v) is 8.19. The number of halogens is 1. The molecule has 1 aliphatic carbocycles. The van der Waals surface area contributed by atoms with E-state index in [0.29, 0.717) is 23.2 Å². The lowest BCUT2D eigenvalue weighted by atomic mass is 10.0. The molecular weight excluding hydrogens is 302 g/mol. The van der Waals surface area contributed by atoms with Crippen LogP contribution in [0.5, 0.6) is 0 Å². The number of nitrogens with one attached hydrogen (secondary N) is 1. The van der Waals surface area contributed by atoms with Crippen molar-refractivity contribution >= 4 is 23.4 Å². The molecule has 22 heavy (non-hydrogen) atoms. The van der Waals surface area contributed by atoms with Crippen LogP contribution in [0.25, 0.3) is 0 Å². The smallest absolute Gasteiger partial charge is 0.307 e. The van der Waals surface area contributed by atoms with Crippen LogP contribution in [-0.4, -0.2) is 30.4 Å². The van der Waals surface area contributed by atoms with Crippen molar-refractivity contribution in [2.45, 2.75) is 51.1 Å². The fourth-order valence-electron chi connectivity index (χ4n) is 2.81. The lowest BCUT2D eigenvalue weighted by Gasteiger charge is -2.21. The van der Waals surface area contributed by atoms with Gasteiger partial charge in [-0.25, -0.2) is 0 Å². The van der Waals surface area contributed by atoms with Crippen molar-refractivity contribution in [2.24, 2.45) is 0 Å². The molecule has 5 heteroatoms. The van der Waals surface area contributed by atoms with Gasteiger partial charge in [0, 0.05) is 16.6 Å². The molecule has 1 aromatic rings. The number of ketones is 1. The average molecular weight is 324 g/mol. The maximum Gasteiger partial charge on any atom is 0.307 e. The second-order valence-corrected chi connectivity index (χ2v) is 6.02. The Morgan fingerprint density at radius 2 is 1.91 bits per heavy atom. The highest BCUT2D eigenvalue weighted by molar-refractivity contribution is 6.30. The summed E-state index contributed by atoms with van der Waals surface area (Å²) in [5, 5.41) is 3.92. The van der Waals surface area contributed by atoms with Crippen LogP contribution in [0.1, 0.15) is 49.4 Å². The fourth-order valence-corrected chi connectivity index (χ4v) is 2.93. The van der Waals surface area contributed by atoms with E-state index >= 15 is 0 Å². The number of carbonyl (C=O) groups excluding carboxylic acids is 2. The predicted molar refractivity (Wildman–Crippen MR) is 86.2 cm³/mol. The molecule has 1 unspecified atom stereocenters. The van der Waals surface area contributed by atoms with E-state index in [1.165, 1.54) is 12.8 Å². The van der Waals surface area contributed by atoms with Crippen molar-refractivity contribution in [1.29, 1.82) is 0 Å². The van der Waals surface area contributed by atoms with Crippen LogP contribution >= 0.6 is 11.6 Å². The SMILES string of the molecule is CCOC(=O)CC(NC1CCCC1)C(=O)c1ccc(Cl)cc1. The number of esters is 1. The Morgan fingerprint density at radius 1 is 1.27 bits per heavy atom. The molecule has 0 saturated heterocycles. The summed E-state index contributed by atoms with van der Waals surface area (Å²) in [5.41, 5.74) is 0.559. The molecule has 0 aliphatic heterocycles. The Balaban J connectivity index is 2.08. The molecule has 1 fully saturated rings. The number of rotatable bonds is 7. The van der Waals surface area contributed by atoms with Crippen LogP contribution in [0.4, 0.5) is 0 Å². The van der Waals surface area contributed by atoms with Gasteiger partial charge < -0.3 is 10.1 Å². The molecule has 1 N–H and O–H groups in total. The first-order valence-electron chi connectivity index (χ1n) is 7.81. The molecule has 0 bridgehead atoms. The minimum Gasteiger partial charge on any atom is -0.466 e. The Hall–Kier alpha value is -1.39. The van der Waals surface area contributed by atoms with E-state index < -0.39 is 6.04 Å². The van der Waals surface area contributed by atoms with Crippen LogP contribution in [-0.2, 0) is 9.53 Å². The van der Waals surface area contributed by atoms with Crippen molar-refractivity contribution in [3.8, 4) is 0 Å². The number of hydrogen-bond acceptors (Lipinski definition) is 4. The monoisotopic (exact) mass is 323 g/mol. The van der Waals surface area contributed by atoms with Crippen molar-refractivity contribution in [3.63, 3.8) is 0 Å². The van der Waals surface area contributed by atoms with E-state index in [1.54, 1.807) is 31.2 Å². The molecular formula is C17H22ClNO3. The van der Waals surface area contributed by atoms with E-state index in [1.807, 2.05) is 0 Å². The molecule has 0 spiro atoms. The van der Waals surface area contributed by atoms with Crippen LogP contribution in [0.3, 0.4) is 0 Å². The van der Waals surface area contributed by atoms with E-state index in [-0.39, 0.29) is 18.2 Å². The van der Waals surface area contributed by atoms with Crippen LogP contribution in [0.15, 0.2) is 24.3 Å². The van der Waals surface area contributed by atoms with Crippen molar-refractivity contribution in [2.75, 3.05) is 6.61 Å². The first-order chi connectivity index (χ1) is 10.6. The Morgan fingerprint density at radius 3 is 2.50 bits per heavy atom. The van der Waals surface area contributed by atoms with Crippen LogP contribution in [0, 0.1) is 0 Å². The number of ether oxygens (including phenoxy) is 1. The summed E-state index contributed by atoms with van der Waals surface area (Å²) in [6.45, 7) is 2.09. The molecule has 1 atom stereocenters. The molecule has 1 saturated carbocycles. The minimum atomic E-state index is -0.539. The minimum absolute atomic E-state index is 0.0613. The highest BCUT2D eigenvalue weighted by Crippen LogP contribution is 2.20. The lowest BCUT2D eigenvalue weighted by molar-refractivity contribution is -0.143. The maximum atomic E-state index is 12.7. The van der Waals surface area contributed by atoms with Gasteiger partial charge >= 0.3 is 5.97 Å². The number of hydrogen-bond donors (Lipinski definition) is 1. The quantitative estimate of drug-likeness (QED) is 0.617. The Labute approximate surface area is 136 Å². The van der Waals surface area contributed by atoms with Gasteiger partial charge in [0.25, 0.3) is 0 Å². The lowest BCUT2D eigenvalue weighted by Crippen LogP contribution is -2.43. The topological polar surface area (TPSA) is 55.4 Å². The van der Waals surface area contributed by atoms with Gasteiger partial charge in [0.05, 0.1) is 19.1 Å². The van der Waals surface area contributed by atoms with Crippen LogP contribution < -0.4 is 5.32 Å². The molecule has 0 aromatic heterocycles. The molecule has 1 aliphatic rings. The highest BCUT2D eigenvalue weighted by atomic mass is 35.5. The first kappa shape index (κ1) is 17.0. The fraction of sp³-hybridized carbons (Fsp3) is 0.529. The van der Waals surface area contributed by atoms with Crippen molar-refractivity contribution in [1.82, 2.24) is 5.32 Å². The van der Waals surface area contributed by atoms with E-state index in [2.05, 4.69) is 5.32 Å². The molecule has 0 heterocycles. The molecule has 120 valence electrons. The van der Waals surface area contributed by atoms with Gasteiger partial charge in [-0.05, 0) is 44.0 Å². The van der Waals surface area contributed by atoms with Gasteiger partial charge in [0.15, 0.2) is 5.78 Å². The normalized spacial score (nSPS) is 16.5. The van der Waals surface area contributed by atoms with Gasteiger partial charge in [0.1, 0.15) is 0 Å². The zero-order chi connectivity index (χ0) is 15.9. The summed E-state index contributed by atoms with van der Waals surface area (Å²) in [6, 6.07) is 6.52. The third kappa shape index (κ3) is 4.82. The van der Waals surface area contributed by atoms with Gasteiger partial charge in [-0.1, -0.05) is 24.4 Å². The second-order valence-electron chi connectivity index (χ2n) is 5.58. The van der Waals surface area contributed by atoms with E-state index in [9.17, 15) is 9.59 Å². The Bertz CT molecular complexity index is 509. The molecule has 0 amide bonds. The molecule has 1 aromatic carbocycles.